The summed E-state index contributed by atoms with van der Waals surface area (Å²) in [6.45, 7) is 0. The van der Waals surface area contributed by atoms with Crippen molar-refractivity contribution in [1.82, 2.24) is 0 Å². The van der Waals surface area contributed by atoms with Crippen molar-refractivity contribution in [3.63, 3.8) is 0 Å². The maximum atomic E-state index is 13.2. The second-order valence-electron chi connectivity index (χ2n) is 8.54. The highest BCUT2D eigenvalue weighted by molar-refractivity contribution is 6.09. The Morgan fingerprint density at radius 3 is 1.21 bits per heavy atom. The van der Waals surface area contributed by atoms with Crippen LogP contribution in [-0.4, -0.2) is 5.78 Å². The molecule has 0 aliphatic carbocycles. The molecule has 0 fully saturated rings. The van der Waals surface area contributed by atoms with E-state index in [1.54, 1.807) is 0 Å². The molecular weight excluding hydrogens is 412 g/mol. The lowest BCUT2D eigenvalue weighted by atomic mass is 9.94. The van der Waals surface area contributed by atoms with Crippen molar-refractivity contribution in [2.24, 2.45) is 0 Å². The smallest absolute Gasteiger partial charge is 0.193 e. The minimum absolute atomic E-state index is 0.0361. The molecule has 0 aliphatic heterocycles. The zero-order valence-electron chi connectivity index (χ0n) is 18.6. The van der Waals surface area contributed by atoms with Crippen LogP contribution in [0.15, 0.2) is 133 Å². The molecule has 0 atom stereocenters. The minimum Gasteiger partial charge on any atom is -0.289 e. The maximum Gasteiger partial charge on any atom is 0.193 e. The van der Waals surface area contributed by atoms with E-state index in [4.69, 9.17) is 0 Å². The molecular formula is C33H22O. The molecule has 0 spiro atoms. The van der Waals surface area contributed by atoms with E-state index >= 15 is 0 Å². The average Bonchev–Trinajstić information content (AvgIpc) is 2.92. The first-order valence-electron chi connectivity index (χ1n) is 11.5. The molecule has 6 rings (SSSR count). The molecule has 0 aliphatic rings. The Kier molecular flexibility index (Phi) is 5.01. The Bertz CT molecular complexity index is 1510. The fraction of sp³-hybridized carbons (Fsp3) is 0. The van der Waals surface area contributed by atoms with E-state index in [9.17, 15) is 4.79 Å². The van der Waals surface area contributed by atoms with E-state index in [1.807, 2.05) is 48.5 Å². The van der Waals surface area contributed by atoms with E-state index in [0.29, 0.717) is 11.1 Å². The molecule has 1 heteroatoms. The number of ketones is 1. The number of benzene rings is 6. The van der Waals surface area contributed by atoms with Crippen LogP contribution < -0.4 is 0 Å². The van der Waals surface area contributed by atoms with Gasteiger partial charge in [0, 0.05) is 11.1 Å². The van der Waals surface area contributed by atoms with Gasteiger partial charge < -0.3 is 0 Å². The lowest BCUT2D eigenvalue weighted by molar-refractivity contribution is 0.103. The zero-order chi connectivity index (χ0) is 22.9. The van der Waals surface area contributed by atoms with Gasteiger partial charge in [-0.05, 0) is 43.8 Å². The van der Waals surface area contributed by atoms with Crippen LogP contribution in [0, 0.1) is 0 Å². The first-order chi connectivity index (χ1) is 16.8. The third-order valence-corrected chi connectivity index (χ3v) is 6.50. The van der Waals surface area contributed by atoms with E-state index in [0.717, 1.165) is 11.1 Å². The van der Waals surface area contributed by atoms with Gasteiger partial charge in [0.05, 0.1) is 0 Å². The third kappa shape index (κ3) is 3.58. The number of rotatable bonds is 4. The van der Waals surface area contributed by atoms with Gasteiger partial charge in [0.2, 0.25) is 0 Å². The van der Waals surface area contributed by atoms with Gasteiger partial charge in [0.15, 0.2) is 5.78 Å². The molecule has 6 aromatic rings. The number of hydrogen-bond donors (Lipinski definition) is 0. The van der Waals surface area contributed by atoms with E-state index < -0.39 is 0 Å². The first-order valence-corrected chi connectivity index (χ1v) is 11.5. The van der Waals surface area contributed by atoms with Crippen LogP contribution in [0.2, 0.25) is 0 Å². The zero-order valence-corrected chi connectivity index (χ0v) is 18.6. The maximum absolute atomic E-state index is 13.2. The predicted molar refractivity (Wildman–Crippen MR) is 142 cm³/mol. The van der Waals surface area contributed by atoms with Crippen LogP contribution in [0.5, 0.6) is 0 Å². The van der Waals surface area contributed by atoms with E-state index in [1.165, 1.54) is 32.7 Å². The quantitative estimate of drug-likeness (QED) is 0.254. The summed E-state index contributed by atoms with van der Waals surface area (Å²) in [6.07, 6.45) is 0. The molecule has 0 N–H and O–H groups in total. The molecule has 0 heterocycles. The molecule has 0 saturated carbocycles. The highest BCUT2D eigenvalue weighted by atomic mass is 16.1. The van der Waals surface area contributed by atoms with Crippen LogP contribution in [0.3, 0.4) is 0 Å². The summed E-state index contributed by atoms with van der Waals surface area (Å²) in [6, 6.07) is 45.3. The van der Waals surface area contributed by atoms with Gasteiger partial charge in [0.1, 0.15) is 0 Å². The second kappa shape index (κ2) is 8.46. The van der Waals surface area contributed by atoms with Crippen molar-refractivity contribution in [2.75, 3.05) is 0 Å². The molecule has 0 bridgehead atoms. The van der Waals surface area contributed by atoms with Gasteiger partial charge in [-0.2, -0.15) is 0 Å². The molecule has 34 heavy (non-hydrogen) atoms. The van der Waals surface area contributed by atoms with E-state index in [-0.39, 0.29) is 5.78 Å². The van der Waals surface area contributed by atoms with Crippen LogP contribution in [0.4, 0.5) is 0 Å². The summed E-state index contributed by atoms with van der Waals surface area (Å²) in [5.41, 5.74) is 5.97. The lowest BCUT2D eigenvalue weighted by Gasteiger charge is -2.09. The molecule has 0 amide bonds. The van der Waals surface area contributed by atoms with Gasteiger partial charge in [-0.3, -0.25) is 4.79 Å². The summed E-state index contributed by atoms with van der Waals surface area (Å²) < 4.78 is 0. The van der Waals surface area contributed by atoms with Crippen molar-refractivity contribution in [2.45, 2.75) is 0 Å². The van der Waals surface area contributed by atoms with Crippen molar-refractivity contribution in [1.29, 1.82) is 0 Å². The Morgan fingerprint density at radius 1 is 0.382 bits per heavy atom. The molecule has 0 radical (unpaired) electrons. The fourth-order valence-corrected chi connectivity index (χ4v) is 4.72. The molecule has 160 valence electrons. The average molecular weight is 435 g/mol. The fourth-order valence-electron chi connectivity index (χ4n) is 4.72. The molecule has 0 saturated heterocycles. The summed E-state index contributed by atoms with van der Waals surface area (Å²) in [5, 5.41) is 4.86. The number of hydrogen-bond acceptors (Lipinski definition) is 1. The van der Waals surface area contributed by atoms with Crippen LogP contribution >= 0.6 is 0 Å². The number of carbonyl (C=O) groups is 1. The topological polar surface area (TPSA) is 17.1 Å². The molecule has 1 nitrogen and oxygen atoms in total. The van der Waals surface area contributed by atoms with Crippen LogP contribution in [0.1, 0.15) is 15.9 Å². The Labute approximate surface area is 198 Å². The molecule has 0 unspecified atom stereocenters. The van der Waals surface area contributed by atoms with E-state index in [2.05, 4.69) is 84.9 Å². The van der Waals surface area contributed by atoms with Crippen molar-refractivity contribution < 1.29 is 4.79 Å². The monoisotopic (exact) mass is 434 g/mol. The minimum atomic E-state index is 0.0361. The van der Waals surface area contributed by atoms with Crippen molar-refractivity contribution >= 4 is 27.3 Å². The number of carbonyl (C=O) groups excluding carboxylic acids is 1. The van der Waals surface area contributed by atoms with Gasteiger partial charge >= 0.3 is 0 Å². The van der Waals surface area contributed by atoms with Crippen molar-refractivity contribution in [3.05, 3.63) is 145 Å². The number of fused-ring (bicyclic) bond motifs is 2. The van der Waals surface area contributed by atoms with Gasteiger partial charge in [-0.25, -0.2) is 0 Å². The van der Waals surface area contributed by atoms with Gasteiger partial charge in [-0.15, -0.1) is 0 Å². The first kappa shape index (κ1) is 20.1. The van der Waals surface area contributed by atoms with Crippen LogP contribution in [0.25, 0.3) is 43.8 Å². The highest BCUT2D eigenvalue weighted by Crippen LogP contribution is 2.30. The Balaban J connectivity index is 1.29. The summed E-state index contributed by atoms with van der Waals surface area (Å²) >= 11 is 0. The Morgan fingerprint density at radius 2 is 0.765 bits per heavy atom. The second-order valence-corrected chi connectivity index (χ2v) is 8.54. The Hall–Kier alpha value is -4.49. The van der Waals surface area contributed by atoms with Crippen LogP contribution in [-0.2, 0) is 0 Å². The van der Waals surface area contributed by atoms with Gasteiger partial charge in [-0.1, -0.05) is 133 Å². The summed E-state index contributed by atoms with van der Waals surface area (Å²) in [4.78, 5) is 13.2. The van der Waals surface area contributed by atoms with Crippen molar-refractivity contribution in [3.8, 4) is 22.3 Å². The predicted octanol–water partition coefficient (Wildman–Crippen LogP) is 8.56. The highest BCUT2D eigenvalue weighted by Gasteiger charge is 2.11. The SMILES string of the molecule is O=C(c1ccc(-c2cccc3ccccc23)cc1)c1ccc(-c2cccc3ccccc23)cc1. The summed E-state index contributed by atoms with van der Waals surface area (Å²) in [7, 11) is 0. The largest absolute Gasteiger partial charge is 0.289 e. The third-order valence-electron chi connectivity index (χ3n) is 6.50. The lowest BCUT2D eigenvalue weighted by Crippen LogP contribution is -2.01. The van der Waals surface area contributed by atoms with Gasteiger partial charge in [0.25, 0.3) is 0 Å². The molecule has 0 aromatic heterocycles. The standard InChI is InChI=1S/C33H22O/c34-33(27-19-15-25(16-20-27)31-13-5-9-23-7-1-3-11-29(23)31)28-21-17-26(18-22-28)32-14-6-10-24-8-2-4-12-30(24)32/h1-22H. The normalized spacial score (nSPS) is 11.1. The summed E-state index contributed by atoms with van der Waals surface area (Å²) in [5.74, 6) is 0.0361. The molecule has 6 aromatic carbocycles.